The molecular weight excluding hydrogens is 444 g/mol. The van der Waals surface area contributed by atoms with Crippen molar-refractivity contribution in [1.29, 1.82) is 0 Å². The second-order valence-electron chi connectivity index (χ2n) is 9.25. The highest BCUT2D eigenvalue weighted by atomic mass is 16.2. The second kappa shape index (κ2) is 12.2. The van der Waals surface area contributed by atoms with Crippen LogP contribution in [0.5, 0.6) is 0 Å². The van der Waals surface area contributed by atoms with Crippen molar-refractivity contribution >= 4 is 22.6 Å². The van der Waals surface area contributed by atoms with E-state index in [1.165, 1.54) is 10.8 Å². The highest BCUT2D eigenvalue weighted by molar-refractivity contribution is 5.89. The van der Waals surface area contributed by atoms with Crippen molar-refractivity contribution in [3.8, 4) is 0 Å². The molecule has 1 unspecified atom stereocenters. The Morgan fingerprint density at radius 1 is 0.806 bits per heavy atom. The molecule has 36 heavy (non-hydrogen) atoms. The molecule has 0 radical (unpaired) electrons. The normalized spacial score (nSPS) is 11.7. The van der Waals surface area contributed by atoms with E-state index in [0.29, 0.717) is 32.4 Å². The molecule has 0 aliphatic rings. The summed E-state index contributed by atoms with van der Waals surface area (Å²) in [5.74, 6) is -0.136. The van der Waals surface area contributed by atoms with Crippen molar-refractivity contribution < 1.29 is 9.59 Å². The fourth-order valence-electron chi connectivity index (χ4n) is 4.63. The Morgan fingerprint density at radius 2 is 1.50 bits per heavy atom. The van der Waals surface area contributed by atoms with E-state index < -0.39 is 6.04 Å². The minimum atomic E-state index is -0.589. The van der Waals surface area contributed by atoms with Crippen molar-refractivity contribution in [3.05, 3.63) is 119 Å². The molecule has 0 bridgehead atoms. The fourth-order valence-corrected chi connectivity index (χ4v) is 4.63. The minimum absolute atomic E-state index is 0.0179. The summed E-state index contributed by atoms with van der Waals surface area (Å²) in [6.45, 7) is 4.86. The molecule has 1 N–H and O–H groups in total. The SMILES string of the molecule is CCNC(=O)C(Cc1ccccc1)N(Cc1ccc(C)cc1)C(=O)CCc1cccc2ccccc12. The molecule has 0 fully saturated rings. The van der Waals surface area contributed by atoms with Gasteiger partial charge in [-0.15, -0.1) is 0 Å². The topological polar surface area (TPSA) is 49.4 Å². The van der Waals surface area contributed by atoms with Gasteiger partial charge in [0.1, 0.15) is 6.04 Å². The van der Waals surface area contributed by atoms with Gasteiger partial charge in [-0.25, -0.2) is 0 Å². The second-order valence-corrected chi connectivity index (χ2v) is 9.25. The lowest BCUT2D eigenvalue weighted by Crippen LogP contribution is -2.50. The molecule has 0 spiro atoms. The first-order valence-electron chi connectivity index (χ1n) is 12.7. The van der Waals surface area contributed by atoms with Crippen LogP contribution in [0.4, 0.5) is 0 Å². The number of likely N-dealkylation sites (N-methyl/N-ethyl adjacent to an activating group) is 1. The zero-order chi connectivity index (χ0) is 25.3. The van der Waals surface area contributed by atoms with Gasteiger partial charge in [-0.3, -0.25) is 9.59 Å². The monoisotopic (exact) mass is 478 g/mol. The molecule has 0 saturated carbocycles. The van der Waals surface area contributed by atoms with E-state index in [0.717, 1.165) is 22.3 Å². The van der Waals surface area contributed by atoms with Gasteiger partial charge in [-0.05, 0) is 47.7 Å². The number of nitrogens with zero attached hydrogens (tertiary/aromatic N) is 1. The number of carbonyl (C=O) groups is 2. The lowest BCUT2D eigenvalue weighted by Gasteiger charge is -2.31. The predicted octanol–water partition coefficient (Wildman–Crippen LogP) is 5.86. The molecule has 1 atom stereocenters. The summed E-state index contributed by atoms with van der Waals surface area (Å²) in [7, 11) is 0. The standard InChI is InChI=1S/C32H34N2O2/c1-3-33-32(36)30(22-25-10-5-4-6-11-25)34(23-26-18-16-24(2)17-19-26)31(35)21-20-28-14-9-13-27-12-7-8-15-29(27)28/h4-19,30H,3,20-23H2,1-2H3,(H,33,36). The van der Waals surface area contributed by atoms with Crippen molar-refractivity contribution in [2.45, 2.75) is 45.7 Å². The summed E-state index contributed by atoms with van der Waals surface area (Å²) in [5, 5.41) is 5.30. The first-order valence-corrected chi connectivity index (χ1v) is 12.7. The molecule has 0 heterocycles. The molecule has 184 valence electrons. The highest BCUT2D eigenvalue weighted by Gasteiger charge is 2.30. The average molecular weight is 479 g/mol. The molecule has 4 nitrogen and oxygen atoms in total. The largest absolute Gasteiger partial charge is 0.355 e. The van der Waals surface area contributed by atoms with Crippen LogP contribution < -0.4 is 5.32 Å². The fraction of sp³-hybridized carbons (Fsp3) is 0.250. The maximum Gasteiger partial charge on any atom is 0.243 e. The Morgan fingerprint density at radius 3 is 2.25 bits per heavy atom. The number of carbonyl (C=O) groups excluding carboxylic acids is 2. The quantitative estimate of drug-likeness (QED) is 0.310. The molecule has 0 aromatic heterocycles. The van der Waals surface area contributed by atoms with E-state index in [-0.39, 0.29) is 11.8 Å². The number of benzene rings is 4. The van der Waals surface area contributed by atoms with E-state index >= 15 is 0 Å². The van der Waals surface area contributed by atoms with Crippen LogP contribution in [0.2, 0.25) is 0 Å². The van der Waals surface area contributed by atoms with Crippen LogP contribution in [0.15, 0.2) is 97.1 Å². The number of amides is 2. The predicted molar refractivity (Wildman–Crippen MR) is 147 cm³/mol. The highest BCUT2D eigenvalue weighted by Crippen LogP contribution is 2.22. The third-order valence-corrected chi connectivity index (χ3v) is 6.58. The lowest BCUT2D eigenvalue weighted by molar-refractivity contribution is -0.141. The number of hydrogen-bond donors (Lipinski definition) is 1. The van der Waals surface area contributed by atoms with Crippen LogP contribution >= 0.6 is 0 Å². The first-order chi connectivity index (χ1) is 17.5. The Kier molecular flexibility index (Phi) is 8.51. The van der Waals surface area contributed by atoms with Gasteiger partial charge >= 0.3 is 0 Å². The number of nitrogens with one attached hydrogen (secondary N) is 1. The molecular formula is C32H34N2O2. The number of rotatable bonds is 10. The van der Waals surface area contributed by atoms with Crippen molar-refractivity contribution in [2.24, 2.45) is 0 Å². The van der Waals surface area contributed by atoms with E-state index in [4.69, 9.17) is 0 Å². The molecule has 2 amide bonds. The molecule has 4 rings (SSSR count). The summed E-state index contributed by atoms with van der Waals surface area (Å²) in [5.41, 5.74) is 4.36. The van der Waals surface area contributed by atoms with Crippen molar-refractivity contribution in [2.75, 3.05) is 6.54 Å². The van der Waals surface area contributed by atoms with Crippen LogP contribution in [0, 0.1) is 6.92 Å². The molecule has 0 aliphatic heterocycles. The Bertz CT molecular complexity index is 1290. The van der Waals surface area contributed by atoms with E-state index in [2.05, 4.69) is 29.6 Å². The summed E-state index contributed by atoms with van der Waals surface area (Å²) < 4.78 is 0. The van der Waals surface area contributed by atoms with Gasteiger partial charge in [0.05, 0.1) is 0 Å². The van der Waals surface area contributed by atoms with Crippen molar-refractivity contribution in [3.63, 3.8) is 0 Å². The van der Waals surface area contributed by atoms with E-state index in [1.807, 2.05) is 86.6 Å². The first kappa shape index (κ1) is 25.2. The van der Waals surface area contributed by atoms with Gasteiger partial charge in [0.2, 0.25) is 11.8 Å². The average Bonchev–Trinajstić information content (AvgIpc) is 2.91. The maximum atomic E-state index is 13.8. The molecule has 0 aliphatic carbocycles. The van der Waals surface area contributed by atoms with Gasteiger partial charge in [0, 0.05) is 25.9 Å². The zero-order valence-corrected chi connectivity index (χ0v) is 21.1. The number of fused-ring (bicyclic) bond motifs is 1. The molecule has 4 aromatic rings. The maximum absolute atomic E-state index is 13.8. The third-order valence-electron chi connectivity index (χ3n) is 6.58. The number of aryl methyl sites for hydroxylation is 2. The van der Waals surface area contributed by atoms with Crippen LogP contribution in [0.25, 0.3) is 10.8 Å². The number of hydrogen-bond acceptors (Lipinski definition) is 2. The van der Waals surface area contributed by atoms with Gasteiger partial charge in [-0.1, -0.05) is 103 Å². The van der Waals surface area contributed by atoms with Crippen LogP contribution in [-0.2, 0) is 29.0 Å². The van der Waals surface area contributed by atoms with Crippen LogP contribution in [0.3, 0.4) is 0 Å². The Hall–Kier alpha value is -3.92. The third kappa shape index (κ3) is 6.39. The lowest BCUT2D eigenvalue weighted by atomic mass is 9.99. The summed E-state index contributed by atoms with van der Waals surface area (Å²) in [6, 6.07) is 32.0. The summed E-state index contributed by atoms with van der Waals surface area (Å²) in [6.07, 6.45) is 1.43. The van der Waals surface area contributed by atoms with Crippen LogP contribution in [0.1, 0.15) is 35.6 Å². The Labute approximate surface area is 214 Å². The Balaban J connectivity index is 1.62. The van der Waals surface area contributed by atoms with Crippen molar-refractivity contribution in [1.82, 2.24) is 10.2 Å². The van der Waals surface area contributed by atoms with Gasteiger partial charge < -0.3 is 10.2 Å². The summed E-state index contributed by atoms with van der Waals surface area (Å²) >= 11 is 0. The van der Waals surface area contributed by atoms with E-state index in [9.17, 15) is 9.59 Å². The minimum Gasteiger partial charge on any atom is -0.355 e. The zero-order valence-electron chi connectivity index (χ0n) is 21.1. The van der Waals surface area contributed by atoms with E-state index in [1.54, 1.807) is 4.90 Å². The molecule has 4 heteroatoms. The van der Waals surface area contributed by atoms with Crippen LogP contribution in [-0.4, -0.2) is 29.3 Å². The van der Waals surface area contributed by atoms with Gasteiger partial charge in [0.15, 0.2) is 0 Å². The van der Waals surface area contributed by atoms with Gasteiger partial charge in [-0.2, -0.15) is 0 Å². The molecule has 4 aromatic carbocycles. The smallest absolute Gasteiger partial charge is 0.243 e. The van der Waals surface area contributed by atoms with Gasteiger partial charge in [0.25, 0.3) is 0 Å². The summed E-state index contributed by atoms with van der Waals surface area (Å²) in [4.78, 5) is 28.9. The molecule has 0 saturated heterocycles.